The van der Waals surface area contributed by atoms with Gasteiger partial charge in [-0.25, -0.2) is 0 Å². The molecule has 0 amide bonds. The van der Waals surface area contributed by atoms with Crippen molar-refractivity contribution in [1.82, 2.24) is 4.90 Å². The Morgan fingerprint density at radius 3 is 2.82 bits per heavy atom. The Morgan fingerprint density at radius 1 is 1.47 bits per heavy atom. The van der Waals surface area contributed by atoms with Gasteiger partial charge in [0, 0.05) is 18.5 Å². The van der Waals surface area contributed by atoms with Crippen LogP contribution < -0.4 is 5.73 Å². The lowest BCUT2D eigenvalue weighted by atomic mass is 9.94. The second kappa shape index (κ2) is 7.54. The molecule has 1 heterocycles. The average molecular weight is 241 g/mol. The lowest BCUT2D eigenvalue weighted by molar-refractivity contribution is 0.0881. The zero-order valence-corrected chi connectivity index (χ0v) is 11.2. The summed E-state index contributed by atoms with van der Waals surface area (Å²) >= 11 is 0. The number of likely N-dealkylation sites (tertiary alicyclic amines) is 1. The Labute approximate surface area is 105 Å². The van der Waals surface area contributed by atoms with Gasteiger partial charge in [0.2, 0.25) is 0 Å². The number of nitrogens with two attached hydrogens (primary N) is 1. The highest BCUT2D eigenvalue weighted by Crippen LogP contribution is 2.25. The van der Waals surface area contributed by atoms with E-state index in [1.54, 1.807) is 0 Å². The Hall–Kier alpha value is -0.770. The Balaban J connectivity index is 2.63. The quantitative estimate of drug-likeness (QED) is 0.325. The predicted molar refractivity (Wildman–Crippen MR) is 71.4 cm³/mol. The first kappa shape index (κ1) is 14.3. The number of nitrogens with zero attached hydrogens (tertiary/aromatic N) is 2. The summed E-state index contributed by atoms with van der Waals surface area (Å²) in [5, 5.41) is 11.8. The standard InChI is InChI=1S/C13H27N3O/c1-3-7-12-8-5-6-9-16(12)11(4-2)10-13(14)15-17/h11-12,17H,3-10H2,1-2H3,(H2,14,15). The second-order valence-electron chi connectivity index (χ2n) is 5.03. The predicted octanol–water partition coefficient (Wildman–Crippen LogP) is 2.56. The fourth-order valence-electron chi connectivity index (χ4n) is 2.93. The largest absolute Gasteiger partial charge is 0.409 e. The van der Waals surface area contributed by atoms with Crippen LogP contribution in [0.25, 0.3) is 0 Å². The van der Waals surface area contributed by atoms with E-state index in [9.17, 15) is 0 Å². The highest BCUT2D eigenvalue weighted by Gasteiger charge is 2.27. The number of amidine groups is 1. The minimum atomic E-state index is 0.359. The molecule has 3 N–H and O–H groups in total. The maximum absolute atomic E-state index is 8.69. The lowest BCUT2D eigenvalue weighted by Crippen LogP contribution is -2.47. The third kappa shape index (κ3) is 4.19. The maximum Gasteiger partial charge on any atom is 0.140 e. The van der Waals surface area contributed by atoms with E-state index in [0.29, 0.717) is 24.3 Å². The molecule has 0 aromatic heterocycles. The van der Waals surface area contributed by atoms with E-state index in [1.165, 1.54) is 38.6 Å². The van der Waals surface area contributed by atoms with Crippen LogP contribution in [0.1, 0.15) is 58.8 Å². The summed E-state index contributed by atoms with van der Waals surface area (Å²) in [6.07, 6.45) is 8.20. The number of piperidine rings is 1. The topological polar surface area (TPSA) is 61.8 Å². The van der Waals surface area contributed by atoms with Crippen molar-refractivity contribution in [3.63, 3.8) is 0 Å². The molecule has 0 aliphatic carbocycles. The van der Waals surface area contributed by atoms with E-state index >= 15 is 0 Å². The SMILES string of the molecule is CCCC1CCCCN1C(CC)CC(N)=NO. The van der Waals surface area contributed by atoms with Gasteiger partial charge in [0.1, 0.15) is 5.84 Å². The van der Waals surface area contributed by atoms with Crippen molar-refractivity contribution in [1.29, 1.82) is 0 Å². The van der Waals surface area contributed by atoms with Crippen LogP contribution in [0.5, 0.6) is 0 Å². The van der Waals surface area contributed by atoms with Gasteiger partial charge in [-0.2, -0.15) is 0 Å². The lowest BCUT2D eigenvalue weighted by Gasteiger charge is -2.41. The maximum atomic E-state index is 8.69. The summed E-state index contributed by atoms with van der Waals surface area (Å²) in [6.45, 7) is 5.60. The fraction of sp³-hybridized carbons (Fsp3) is 0.923. The molecule has 1 saturated heterocycles. The minimum absolute atomic E-state index is 0.359. The Kier molecular flexibility index (Phi) is 6.34. The van der Waals surface area contributed by atoms with Gasteiger partial charge in [0.25, 0.3) is 0 Å². The van der Waals surface area contributed by atoms with Gasteiger partial charge < -0.3 is 10.9 Å². The summed E-state index contributed by atoms with van der Waals surface area (Å²) in [5.74, 6) is 0.359. The van der Waals surface area contributed by atoms with Gasteiger partial charge in [-0.3, -0.25) is 4.90 Å². The van der Waals surface area contributed by atoms with Crippen molar-refractivity contribution in [2.75, 3.05) is 6.54 Å². The molecule has 1 rings (SSSR count). The van der Waals surface area contributed by atoms with E-state index in [0.717, 1.165) is 6.42 Å². The first-order valence-corrected chi connectivity index (χ1v) is 6.95. The normalized spacial score (nSPS) is 24.8. The molecular weight excluding hydrogens is 214 g/mol. The van der Waals surface area contributed by atoms with Crippen molar-refractivity contribution in [3.05, 3.63) is 0 Å². The molecule has 4 heteroatoms. The zero-order chi connectivity index (χ0) is 12.7. The number of hydrogen-bond acceptors (Lipinski definition) is 3. The first-order valence-electron chi connectivity index (χ1n) is 6.95. The second-order valence-corrected chi connectivity index (χ2v) is 5.03. The molecule has 1 aliphatic rings. The third-order valence-corrected chi connectivity index (χ3v) is 3.81. The van der Waals surface area contributed by atoms with Crippen LogP contribution in [0.3, 0.4) is 0 Å². The fourth-order valence-corrected chi connectivity index (χ4v) is 2.93. The van der Waals surface area contributed by atoms with Gasteiger partial charge >= 0.3 is 0 Å². The van der Waals surface area contributed by atoms with Crippen LogP contribution >= 0.6 is 0 Å². The van der Waals surface area contributed by atoms with Crippen LogP contribution in [0.4, 0.5) is 0 Å². The number of oxime groups is 1. The molecule has 0 saturated carbocycles. The molecule has 1 aliphatic heterocycles. The Bertz CT molecular complexity index is 241. The molecule has 1 fully saturated rings. The summed E-state index contributed by atoms with van der Waals surface area (Å²) in [6, 6.07) is 1.13. The third-order valence-electron chi connectivity index (χ3n) is 3.81. The number of rotatable bonds is 6. The van der Waals surface area contributed by atoms with Crippen LogP contribution in [0, 0.1) is 0 Å². The summed E-state index contributed by atoms with van der Waals surface area (Å²) in [4.78, 5) is 2.59. The van der Waals surface area contributed by atoms with E-state index in [-0.39, 0.29) is 0 Å². The molecule has 100 valence electrons. The smallest absolute Gasteiger partial charge is 0.140 e. The summed E-state index contributed by atoms with van der Waals surface area (Å²) in [5.41, 5.74) is 5.65. The van der Waals surface area contributed by atoms with Gasteiger partial charge in [-0.15, -0.1) is 0 Å². The van der Waals surface area contributed by atoms with Gasteiger partial charge in [0.15, 0.2) is 0 Å². The molecule has 0 aromatic rings. The highest BCUT2D eigenvalue weighted by molar-refractivity contribution is 5.80. The van der Waals surface area contributed by atoms with E-state index < -0.39 is 0 Å². The zero-order valence-electron chi connectivity index (χ0n) is 11.2. The van der Waals surface area contributed by atoms with Crippen molar-refractivity contribution < 1.29 is 5.21 Å². The van der Waals surface area contributed by atoms with Crippen LogP contribution in [-0.2, 0) is 0 Å². The molecule has 0 aromatic carbocycles. The monoisotopic (exact) mass is 241 g/mol. The molecule has 0 bridgehead atoms. The summed E-state index contributed by atoms with van der Waals surface area (Å²) in [7, 11) is 0. The molecular formula is C13H27N3O. The Morgan fingerprint density at radius 2 is 2.24 bits per heavy atom. The van der Waals surface area contributed by atoms with Gasteiger partial charge in [-0.1, -0.05) is 31.8 Å². The summed E-state index contributed by atoms with van der Waals surface area (Å²) < 4.78 is 0. The first-order chi connectivity index (χ1) is 8.22. The van der Waals surface area contributed by atoms with Crippen molar-refractivity contribution >= 4 is 5.84 Å². The average Bonchev–Trinajstić information content (AvgIpc) is 2.37. The van der Waals surface area contributed by atoms with E-state index in [4.69, 9.17) is 10.9 Å². The van der Waals surface area contributed by atoms with Crippen molar-refractivity contribution in [2.45, 2.75) is 70.9 Å². The minimum Gasteiger partial charge on any atom is -0.409 e. The number of hydrogen-bond donors (Lipinski definition) is 2. The highest BCUT2D eigenvalue weighted by atomic mass is 16.4. The molecule has 2 unspecified atom stereocenters. The molecule has 4 nitrogen and oxygen atoms in total. The molecule has 0 spiro atoms. The molecule has 2 atom stereocenters. The van der Waals surface area contributed by atoms with E-state index in [2.05, 4.69) is 23.9 Å². The van der Waals surface area contributed by atoms with E-state index in [1.807, 2.05) is 0 Å². The van der Waals surface area contributed by atoms with Crippen molar-refractivity contribution in [2.24, 2.45) is 10.9 Å². The van der Waals surface area contributed by atoms with Crippen molar-refractivity contribution in [3.8, 4) is 0 Å². The molecule has 17 heavy (non-hydrogen) atoms. The van der Waals surface area contributed by atoms with Gasteiger partial charge in [-0.05, 0) is 32.2 Å². The molecule has 0 radical (unpaired) electrons. The van der Waals surface area contributed by atoms with Gasteiger partial charge in [0.05, 0.1) is 0 Å². The van der Waals surface area contributed by atoms with Crippen LogP contribution in [0.2, 0.25) is 0 Å². The van der Waals surface area contributed by atoms with Crippen LogP contribution in [0.15, 0.2) is 5.16 Å². The van der Waals surface area contributed by atoms with Crippen LogP contribution in [-0.4, -0.2) is 34.6 Å².